The first-order valence-corrected chi connectivity index (χ1v) is 17.8. The van der Waals surface area contributed by atoms with Gasteiger partial charge in [0, 0.05) is 47.6 Å². The molecule has 0 saturated heterocycles. The molecular formula is C33H38Cl3N3O5S. The topological polar surface area (TPSA) is 96.0 Å². The third kappa shape index (κ3) is 9.51. The lowest BCUT2D eigenvalue weighted by Crippen LogP contribution is -2.52. The Bertz CT molecular complexity index is 1560. The fourth-order valence-electron chi connectivity index (χ4n) is 5.59. The molecular weight excluding hydrogens is 657 g/mol. The Morgan fingerprint density at radius 1 is 0.956 bits per heavy atom. The largest absolute Gasteiger partial charge is 0.495 e. The van der Waals surface area contributed by atoms with Crippen LogP contribution in [0.3, 0.4) is 0 Å². The Hall–Kier alpha value is -2.98. The van der Waals surface area contributed by atoms with E-state index in [0.29, 0.717) is 27.0 Å². The summed E-state index contributed by atoms with van der Waals surface area (Å²) in [5.41, 5.74) is 1.78. The first-order valence-electron chi connectivity index (χ1n) is 14.9. The number of ether oxygens (including phenoxy) is 1. The van der Waals surface area contributed by atoms with Gasteiger partial charge >= 0.3 is 0 Å². The van der Waals surface area contributed by atoms with Crippen LogP contribution in [0.1, 0.15) is 49.7 Å². The summed E-state index contributed by atoms with van der Waals surface area (Å²) in [6, 6.07) is 18.5. The van der Waals surface area contributed by atoms with Gasteiger partial charge in [-0.25, -0.2) is 8.42 Å². The van der Waals surface area contributed by atoms with E-state index in [1.165, 1.54) is 22.4 Å². The van der Waals surface area contributed by atoms with E-state index in [1.807, 2.05) is 30.3 Å². The number of methoxy groups -OCH3 is 1. The number of rotatable bonds is 14. The molecule has 1 saturated carbocycles. The first-order chi connectivity index (χ1) is 21.5. The summed E-state index contributed by atoms with van der Waals surface area (Å²) < 4.78 is 31.9. The minimum atomic E-state index is -3.71. The van der Waals surface area contributed by atoms with Crippen LogP contribution in [0.25, 0.3) is 0 Å². The fraction of sp³-hybridized carbons (Fsp3) is 0.394. The minimum absolute atomic E-state index is 0.0107. The van der Waals surface area contributed by atoms with Crippen molar-refractivity contribution in [1.82, 2.24) is 10.2 Å². The maximum Gasteiger partial charge on any atom is 0.243 e. The van der Waals surface area contributed by atoms with Crippen LogP contribution >= 0.6 is 34.8 Å². The van der Waals surface area contributed by atoms with Crippen LogP contribution in [0.2, 0.25) is 15.1 Å². The van der Waals surface area contributed by atoms with Crippen molar-refractivity contribution in [3.05, 3.63) is 92.9 Å². The standard InChI is InChI=1S/C33H38Cl3N3O5S/c1-44-31-18-17-25(21-29(31)36)39(45(2,42)43)19-9-16-32(40)38(22-26-27(34)14-8-15-28(26)35)30(20-23-10-4-3-5-11-23)33(41)37-24-12-6-7-13-24/h3-5,8,10-11,14-15,17-18,21,24,30H,6-7,9,12-13,16,19-20,22H2,1-2H3,(H,37,41)/t30-/m0/s1. The molecule has 0 spiro atoms. The summed E-state index contributed by atoms with van der Waals surface area (Å²) in [5.74, 6) is -0.152. The van der Waals surface area contributed by atoms with Crippen molar-refractivity contribution in [2.45, 2.75) is 63.6 Å². The molecule has 242 valence electrons. The molecule has 0 bridgehead atoms. The van der Waals surface area contributed by atoms with Gasteiger partial charge in [0.2, 0.25) is 21.8 Å². The molecule has 4 rings (SSSR count). The van der Waals surface area contributed by atoms with E-state index in [9.17, 15) is 18.0 Å². The lowest BCUT2D eigenvalue weighted by atomic mass is 10.0. The van der Waals surface area contributed by atoms with E-state index < -0.39 is 16.1 Å². The summed E-state index contributed by atoms with van der Waals surface area (Å²) in [5, 5.41) is 4.20. The Kier molecular flexibility index (Phi) is 12.4. The van der Waals surface area contributed by atoms with Crippen molar-refractivity contribution in [1.29, 1.82) is 0 Å². The van der Waals surface area contributed by atoms with Crippen molar-refractivity contribution < 1.29 is 22.7 Å². The van der Waals surface area contributed by atoms with Crippen molar-refractivity contribution >= 4 is 62.3 Å². The first kappa shape index (κ1) is 34.9. The van der Waals surface area contributed by atoms with Crippen LogP contribution in [0, 0.1) is 0 Å². The molecule has 0 aromatic heterocycles. The number of carbonyl (C=O) groups is 2. The Morgan fingerprint density at radius 3 is 2.22 bits per heavy atom. The molecule has 1 atom stereocenters. The number of hydrogen-bond acceptors (Lipinski definition) is 5. The second-order valence-electron chi connectivity index (χ2n) is 11.2. The predicted octanol–water partition coefficient (Wildman–Crippen LogP) is 6.90. The third-order valence-corrected chi connectivity index (χ3v) is 10.1. The molecule has 2 amide bonds. The summed E-state index contributed by atoms with van der Waals surface area (Å²) >= 11 is 19.4. The number of anilines is 1. The molecule has 0 radical (unpaired) electrons. The summed E-state index contributed by atoms with van der Waals surface area (Å²) in [7, 11) is -2.23. The van der Waals surface area contributed by atoms with Crippen LogP contribution in [0.4, 0.5) is 5.69 Å². The zero-order valence-corrected chi connectivity index (χ0v) is 28.4. The second-order valence-corrected chi connectivity index (χ2v) is 14.3. The molecule has 3 aromatic rings. The second kappa shape index (κ2) is 16.0. The highest BCUT2D eigenvalue weighted by Crippen LogP contribution is 2.31. The van der Waals surface area contributed by atoms with Gasteiger partial charge < -0.3 is 15.0 Å². The Labute approximate surface area is 280 Å². The number of benzene rings is 3. The van der Waals surface area contributed by atoms with Crippen molar-refractivity contribution in [3.8, 4) is 5.75 Å². The molecule has 0 heterocycles. The quantitative estimate of drug-likeness (QED) is 0.198. The molecule has 0 unspecified atom stereocenters. The number of nitrogens with zero attached hydrogens (tertiary/aromatic N) is 2. The van der Waals surface area contributed by atoms with Gasteiger partial charge in [-0.2, -0.15) is 0 Å². The van der Waals surface area contributed by atoms with Crippen molar-refractivity contribution in [3.63, 3.8) is 0 Å². The van der Waals surface area contributed by atoms with E-state index in [1.54, 1.807) is 30.3 Å². The average molecular weight is 695 g/mol. The molecule has 1 fully saturated rings. The molecule has 3 aromatic carbocycles. The van der Waals surface area contributed by atoms with Crippen molar-refractivity contribution in [2.24, 2.45) is 0 Å². The van der Waals surface area contributed by atoms with Gasteiger partial charge in [-0.05, 0) is 55.2 Å². The molecule has 1 aliphatic carbocycles. The van der Waals surface area contributed by atoms with Crippen LogP contribution in [0.15, 0.2) is 66.7 Å². The zero-order valence-electron chi connectivity index (χ0n) is 25.3. The molecule has 12 heteroatoms. The lowest BCUT2D eigenvalue weighted by Gasteiger charge is -2.33. The van der Waals surface area contributed by atoms with Crippen LogP contribution in [-0.2, 0) is 32.6 Å². The normalized spacial score (nSPS) is 14.2. The van der Waals surface area contributed by atoms with E-state index in [2.05, 4.69) is 5.32 Å². The summed E-state index contributed by atoms with van der Waals surface area (Å²) in [4.78, 5) is 29.5. The molecule has 0 aliphatic heterocycles. The highest BCUT2D eigenvalue weighted by atomic mass is 35.5. The monoisotopic (exact) mass is 693 g/mol. The molecule has 8 nitrogen and oxygen atoms in total. The van der Waals surface area contributed by atoms with Crippen LogP contribution < -0.4 is 14.4 Å². The van der Waals surface area contributed by atoms with E-state index in [4.69, 9.17) is 39.5 Å². The SMILES string of the molecule is COc1ccc(N(CCCC(=O)N(Cc2c(Cl)cccc2Cl)[C@@H](Cc2ccccc2)C(=O)NC2CCCC2)S(C)(=O)=O)cc1Cl. The molecule has 1 N–H and O–H groups in total. The minimum Gasteiger partial charge on any atom is -0.495 e. The average Bonchev–Trinajstić information content (AvgIpc) is 3.51. The van der Waals surface area contributed by atoms with Gasteiger partial charge in [0.25, 0.3) is 0 Å². The number of nitrogens with one attached hydrogen (secondary N) is 1. The van der Waals surface area contributed by atoms with Gasteiger partial charge in [-0.1, -0.05) is 84.0 Å². The van der Waals surface area contributed by atoms with Gasteiger partial charge in [0.05, 0.1) is 24.1 Å². The summed E-state index contributed by atoms with van der Waals surface area (Å²) in [6.07, 6.45) is 5.42. The third-order valence-electron chi connectivity index (χ3n) is 7.94. The Morgan fingerprint density at radius 2 is 1.62 bits per heavy atom. The van der Waals surface area contributed by atoms with E-state index >= 15 is 0 Å². The number of hydrogen-bond donors (Lipinski definition) is 1. The smallest absolute Gasteiger partial charge is 0.243 e. The molecule has 45 heavy (non-hydrogen) atoms. The zero-order chi connectivity index (χ0) is 32.6. The number of amides is 2. The number of halogens is 3. The van der Waals surface area contributed by atoms with Gasteiger partial charge in [-0.15, -0.1) is 0 Å². The molecule has 1 aliphatic rings. The Balaban J connectivity index is 1.62. The number of sulfonamides is 1. The van der Waals surface area contributed by atoms with E-state index in [-0.39, 0.29) is 55.2 Å². The van der Waals surface area contributed by atoms with Crippen molar-refractivity contribution in [2.75, 3.05) is 24.2 Å². The lowest BCUT2D eigenvalue weighted by molar-refractivity contribution is -0.141. The van der Waals surface area contributed by atoms with Gasteiger partial charge in [0.1, 0.15) is 11.8 Å². The van der Waals surface area contributed by atoms with Crippen LogP contribution in [-0.4, -0.2) is 57.1 Å². The van der Waals surface area contributed by atoms with Gasteiger partial charge in [-0.3, -0.25) is 13.9 Å². The predicted molar refractivity (Wildman–Crippen MR) is 181 cm³/mol. The maximum atomic E-state index is 14.1. The fourth-order valence-corrected chi connectivity index (χ4v) is 7.32. The maximum absolute atomic E-state index is 14.1. The van der Waals surface area contributed by atoms with Gasteiger partial charge in [0.15, 0.2) is 0 Å². The highest BCUT2D eigenvalue weighted by Gasteiger charge is 2.33. The summed E-state index contributed by atoms with van der Waals surface area (Å²) in [6.45, 7) is 0.0301. The highest BCUT2D eigenvalue weighted by molar-refractivity contribution is 7.92. The number of carbonyl (C=O) groups excluding carboxylic acids is 2. The van der Waals surface area contributed by atoms with E-state index in [0.717, 1.165) is 37.5 Å². The van der Waals surface area contributed by atoms with Crippen LogP contribution in [0.5, 0.6) is 5.75 Å².